The lowest BCUT2D eigenvalue weighted by molar-refractivity contribution is 0.195. The largest absolute Gasteiger partial charge is 0.454 e. The normalized spacial score (nSPS) is 22.0. The van der Waals surface area contributed by atoms with Crippen molar-refractivity contribution in [1.29, 1.82) is 0 Å². The molecule has 1 fully saturated rings. The second-order valence-electron chi connectivity index (χ2n) is 30.2. The zero-order chi connectivity index (χ0) is 57.0. The number of rotatable bonds is 5. The number of hydrogen-bond donors (Lipinski definition) is 0. The van der Waals surface area contributed by atoms with Gasteiger partial charge in [-0.15, -0.1) is 0 Å². The molecule has 1 aromatic heterocycles. The summed E-state index contributed by atoms with van der Waals surface area (Å²) >= 11 is 0. The van der Waals surface area contributed by atoms with E-state index >= 15 is 0 Å². The van der Waals surface area contributed by atoms with Gasteiger partial charge >= 0.3 is 0 Å². The van der Waals surface area contributed by atoms with Crippen molar-refractivity contribution in [1.82, 2.24) is 0 Å². The van der Waals surface area contributed by atoms with Gasteiger partial charge in [0, 0.05) is 55.9 Å². The van der Waals surface area contributed by atoms with Crippen molar-refractivity contribution < 1.29 is 4.42 Å². The van der Waals surface area contributed by atoms with Crippen molar-refractivity contribution in [2.45, 2.75) is 186 Å². The molecule has 0 bridgehead atoms. The van der Waals surface area contributed by atoms with Crippen molar-refractivity contribution in [3.63, 3.8) is 0 Å². The molecule has 2 unspecified atom stereocenters. The van der Waals surface area contributed by atoms with Crippen LogP contribution in [0, 0.1) is 6.92 Å². The molecular formula is C77H82BN3O. The highest BCUT2D eigenvalue weighted by atomic mass is 16.3. The molecule has 414 valence electrons. The maximum Gasteiger partial charge on any atom is 0.252 e. The fraction of sp³-hybridized carbons (Fsp3) is 0.377. The van der Waals surface area contributed by atoms with E-state index in [4.69, 9.17) is 4.42 Å². The fourth-order valence-corrected chi connectivity index (χ4v) is 17.0. The molecule has 5 heteroatoms. The highest BCUT2D eigenvalue weighted by molar-refractivity contribution is 7.00. The third-order valence-electron chi connectivity index (χ3n) is 22.3. The van der Waals surface area contributed by atoms with Crippen LogP contribution < -0.4 is 31.1 Å². The SMILES string of the molecule is Cc1cc2c3c(c1)N1c4c(cc(C(C)(C)C)cc4C4(C)CCCCC14C)B3c1ccc(N(c3ccc4c(c3)C(C)(C)CCC4(C)C)c3cccc4c3oc3ccccc34)cc1N2c1cc2c(cc1-c1ccccc1)C(C)(C)CCC2(C)C. The Kier molecular flexibility index (Phi) is 10.8. The number of benzene rings is 8. The van der Waals surface area contributed by atoms with Crippen LogP contribution in [0.25, 0.3) is 33.1 Å². The molecule has 0 spiro atoms. The third-order valence-corrected chi connectivity index (χ3v) is 22.3. The molecule has 3 aliphatic carbocycles. The monoisotopic (exact) mass is 1080 g/mol. The summed E-state index contributed by atoms with van der Waals surface area (Å²) in [5.41, 5.74) is 28.6. The van der Waals surface area contributed by atoms with Gasteiger partial charge < -0.3 is 19.1 Å². The average Bonchev–Trinajstić information content (AvgIpc) is 1.52. The van der Waals surface area contributed by atoms with Crippen LogP contribution >= 0.6 is 0 Å². The first kappa shape index (κ1) is 51.9. The Bertz CT molecular complexity index is 4190. The van der Waals surface area contributed by atoms with E-state index in [9.17, 15) is 0 Å². The summed E-state index contributed by atoms with van der Waals surface area (Å²) < 4.78 is 7.07. The summed E-state index contributed by atoms with van der Waals surface area (Å²) in [5, 5.41) is 2.27. The van der Waals surface area contributed by atoms with Crippen LogP contribution in [0.4, 0.5) is 45.5 Å². The number of aryl methyl sites for hydroxylation is 1. The second-order valence-corrected chi connectivity index (χ2v) is 30.2. The van der Waals surface area contributed by atoms with Crippen LogP contribution in [-0.2, 0) is 32.5 Å². The van der Waals surface area contributed by atoms with Gasteiger partial charge in [-0.3, -0.25) is 0 Å². The summed E-state index contributed by atoms with van der Waals surface area (Å²) in [6.45, 7) is 34.6. The predicted octanol–water partition coefficient (Wildman–Crippen LogP) is 19.4. The molecule has 82 heavy (non-hydrogen) atoms. The smallest absolute Gasteiger partial charge is 0.252 e. The molecule has 9 aromatic rings. The van der Waals surface area contributed by atoms with Gasteiger partial charge in [-0.05, 0) is 201 Å². The second kappa shape index (κ2) is 17.1. The summed E-state index contributed by atoms with van der Waals surface area (Å²) in [4.78, 5) is 8.22. The molecule has 0 amide bonds. The van der Waals surface area contributed by atoms with Gasteiger partial charge in [-0.25, -0.2) is 0 Å². The van der Waals surface area contributed by atoms with E-state index < -0.39 is 0 Å². The van der Waals surface area contributed by atoms with Gasteiger partial charge in [-0.1, -0.05) is 181 Å². The van der Waals surface area contributed by atoms with E-state index in [-0.39, 0.29) is 44.7 Å². The van der Waals surface area contributed by atoms with E-state index in [1.165, 1.54) is 121 Å². The number of furan rings is 1. The predicted molar refractivity (Wildman–Crippen MR) is 350 cm³/mol. The standard InChI is InChI=1S/C77H82BN3O/c1-47-39-65-68-66(40-47)81-69-59(76(13)33-20-21-34-77(76,81)14)41-49(71(2,3)4)42-61(69)78(68)60-32-30-51(44-64(60)80(65)63-46-58-57(74(9,10)37-38-75(58,11)12)45-54(63)48-23-16-15-17-24-48)79(50-29-31-55-56(43-50)73(7,8)36-35-72(55,5)6)62-27-22-26-53-52-25-18-19-28-67(52)82-70(53)62/h15-19,22-32,39-46H,20-21,33-38H2,1-14H3. The minimum Gasteiger partial charge on any atom is -0.454 e. The van der Waals surface area contributed by atoms with E-state index in [1.54, 1.807) is 5.56 Å². The first-order valence-corrected chi connectivity index (χ1v) is 31.1. The highest BCUT2D eigenvalue weighted by Crippen LogP contribution is 2.63. The number of anilines is 8. The van der Waals surface area contributed by atoms with Crippen molar-refractivity contribution in [2.24, 2.45) is 0 Å². The van der Waals surface area contributed by atoms with Gasteiger partial charge in [0.1, 0.15) is 5.58 Å². The third kappa shape index (κ3) is 7.16. The van der Waals surface area contributed by atoms with Gasteiger partial charge in [0.05, 0.1) is 16.9 Å². The van der Waals surface area contributed by atoms with Crippen molar-refractivity contribution >= 4 is 90.5 Å². The van der Waals surface area contributed by atoms with Gasteiger partial charge in [-0.2, -0.15) is 0 Å². The average molecular weight is 1080 g/mol. The minimum absolute atomic E-state index is 0.00207. The molecule has 2 atom stereocenters. The minimum atomic E-state index is -0.0895. The van der Waals surface area contributed by atoms with Crippen molar-refractivity contribution in [2.75, 3.05) is 14.7 Å². The fourth-order valence-electron chi connectivity index (χ4n) is 17.0. The lowest BCUT2D eigenvalue weighted by atomic mass is 9.33. The van der Waals surface area contributed by atoms with E-state index in [1.807, 2.05) is 0 Å². The van der Waals surface area contributed by atoms with Crippen LogP contribution in [0.2, 0.25) is 0 Å². The Morgan fingerprint density at radius 2 is 1.12 bits per heavy atom. The highest BCUT2D eigenvalue weighted by Gasteiger charge is 2.62. The van der Waals surface area contributed by atoms with Crippen LogP contribution in [0.3, 0.4) is 0 Å². The summed E-state index contributed by atoms with van der Waals surface area (Å²) in [5.74, 6) is 0. The number of hydrogen-bond acceptors (Lipinski definition) is 4. The summed E-state index contributed by atoms with van der Waals surface area (Å²) in [7, 11) is 0. The van der Waals surface area contributed by atoms with Crippen LogP contribution in [0.1, 0.15) is 180 Å². The van der Waals surface area contributed by atoms with Crippen LogP contribution in [-0.4, -0.2) is 12.3 Å². The van der Waals surface area contributed by atoms with Crippen molar-refractivity contribution in [3.8, 4) is 11.1 Å². The van der Waals surface area contributed by atoms with Gasteiger partial charge in [0.15, 0.2) is 5.58 Å². The number of nitrogens with zero attached hydrogens (tertiary/aromatic N) is 3. The quantitative estimate of drug-likeness (QED) is 0.160. The number of fused-ring (bicyclic) bond motifs is 12. The van der Waals surface area contributed by atoms with Gasteiger partial charge in [0.25, 0.3) is 6.71 Å². The van der Waals surface area contributed by atoms with E-state index in [0.717, 1.165) is 58.3 Å². The molecule has 1 saturated carbocycles. The Hall–Kier alpha value is -6.98. The molecule has 15 rings (SSSR count). The summed E-state index contributed by atoms with van der Waals surface area (Å²) in [6, 6.07) is 57.4. The first-order valence-electron chi connectivity index (χ1n) is 31.1. The molecule has 6 aliphatic rings. The van der Waals surface area contributed by atoms with Gasteiger partial charge in [0.2, 0.25) is 0 Å². The lowest BCUT2D eigenvalue weighted by Gasteiger charge is -2.53. The Balaban J connectivity index is 1.08. The Labute approximate surface area is 489 Å². The van der Waals surface area contributed by atoms with Crippen LogP contribution in [0.15, 0.2) is 150 Å². The molecule has 0 N–H and O–H groups in total. The molecule has 4 nitrogen and oxygen atoms in total. The zero-order valence-corrected chi connectivity index (χ0v) is 51.3. The van der Waals surface area contributed by atoms with Crippen LogP contribution in [0.5, 0.6) is 0 Å². The molecule has 8 aromatic carbocycles. The molecule has 3 aliphatic heterocycles. The number of para-hydroxylation sites is 2. The molecule has 0 radical (unpaired) electrons. The maximum absolute atomic E-state index is 7.07. The Morgan fingerprint density at radius 1 is 0.500 bits per heavy atom. The van der Waals surface area contributed by atoms with E-state index in [0.29, 0.717) is 0 Å². The first-order chi connectivity index (χ1) is 38.9. The molecular weight excluding hydrogens is 994 g/mol. The molecule has 4 heterocycles. The van der Waals surface area contributed by atoms with Crippen molar-refractivity contribution in [3.05, 3.63) is 185 Å². The lowest BCUT2D eigenvalue weighted by Crippen LogP contribution is -2.64. The topological polar surface area (TPSA) is 22.9 Å². The van der Waals surface area contributed by atoms with E-state index in [2.05, 4.69) is 257 Å². The Morgan fingerprint density at radius 3 is 1.85 bits per heavy atom. The molecule has 0 saturated heterocycles. The zero-order valence-electron chi connectivity index (χ0n) is 51.3. The maximum atomic E-state index is 7.07. The summed E-state index contributed by atoms with van der Waals surface area (Å²) in [6.07, 6.45) is 9.45.